The van der Waals surface area contributed by atoms with E-state index in [1.165, 1.54) is 11.3 Å². The Hall–Kier alpha value is -3.23. The van der Waals surface area contributed by atoms with Gasteiger partial charge in [0.05, 0.1) is 17.6 Å². The van der Waals surface area contributed by atoms with Crippen molar-refractivity contribution in [2.24, 2.45) is 5.92 Å². The zero-order chi connectivity index (χ0) is 26.3. The second-order valence-corrected chi connectivity index (χ2v) is 13.6. The number of hydrogen-bond acceptors (Lipinski definition) is 9. The normalized spacial score (nSPS) is 23.9. The first-order valence-electron chi connectivity index (χ1n) is 13.1. The van der Waals surface area contributed by atoms with Crippen LogP contribution in [-0.4, -0.2) is 54.4 Å². The molecule has 11 heteroatoms. The van der Waals surface area contributed by atoms with Crippen LogP contribution in [0.1, 0.15) is 50.2 Å². The van der Waals surface area contributed by atoms with Gasteiger partial charge in [0.2, 0.25) is 5.91 Å². The van der Waals surface area contributed by atoms with Crippen molar-refractivity contribution in [2.45, 2.75) is 50.0 Å². The Kier molecular flexibility index (Phi) is 6.48. The number of benzene rings is 1. The minimum absolute atomic E-state index is 0.0812. The van der Waals surface area contributed by atoms with Gasteiger partial charge in [-0.2, -0.15) is 5.26 Å². The Morgan fingerprint density at radius 2 is 1.89 bits per heavy atom. The molecule has 0 radical (unpaired) electrons. The van der Waals surface area contributed by atoms with Crippen molar-refractivity contribution in [3.8, 4) is 28.2 Å². The van der Waals surface area contributed by atoms with Gasteiger partial charge in [0, 0.05) is 47.8 Å². The van der Waals surface area contributed by atoms with Crippen LogP contribution in [0.5, 0.6) is 0 Å². The maximum absolute atomic E-state index is 13.4. The van der Waals surface area contributed by atoms with E-state index in [1.54, 1.807) is 6.20 Å². The number of nitrogens with zero attached hydrogens (tertiary/aromatic N) is 4. The van der Waals surface area contributed by atoms with Crippen LogP contribution in [0.15, 0.2) is 40.3 Å². The molecule has 2 atom stereocenters. The molecule has 3 fully saturated rings. The van der Waals surface area contributed by atoms with Crippen LogP contribution in [0.2, 0.25) is 0 Å². The van der Waals surface area contributed by atoms with Crippen molar-refractivity contribution >= 4 is 32.8 Å². The van der Waals surface area contributed by atoms with E-state index in [-0.39, 0.29) is 29.2 Å². The molecule has 3 heterocycles. The number of anilines is 1. The summed E-state index contributed by atoms with van der Waals surface area (Å²) in [4.78, 5) is 24.7. The number of amides is 1. The van der Waals surface area contributed by atoms with Crippen LogP contribution in [-0.2, 0) is 14.6 Å². The summed E-state index contributed by atoms with van der Waals surface area (Å²) >= 11 is 1.45. The third-order valence-electron chi connectivity index (χ3n) is 7.88. The SMILES string of the molecule is N#CC1(NC(=O)C2CCCCC2c2oc(-c3nccs3)nc2-c2ccc(N3CCS(=O)(=O)CC3)cc2)CC1. The number of rotatable bonds is 6. The lowest BCUT2D eigenvalue weighted by molar-refractivity contribution is -0.127. The van der Waals surface area contributed by atoms with Crippen molar-refractivity contribution in [3.63, 3.8) is 0 Å². The number of hydrogen-bond donors (Lipinski definition) is 1. The molecule has 0 spiro atoms. The quantitative estimate of drug-likeness (QED) is 0.484. The molecular formula is C27H29N5O4S2. The van der Waals surface area contributed by atoms with E-state index in [9.17, 15) is 18.5 Å². The largest absolute Gasteiger partial charge is 0.438 e. The van der Waals surface area contributed by atoms with E-state index < -0.39 is 15.4 Å². The summed E-state index contributed by atoms with van der Waals surface area (Å²) in [5, 5.41) is 15.1. The number of nitriles is 1. The second-order valence-electron chi connectivity index (χ2n) is 10.4. The fourth-order valence-electron chi connectivity index (χ4n) is 5.49. The van der Waals surface area contributed by atoms with Gasteiger partial charge in [-0.3, -0.25) is 4.79 Å². The van der Waals surface area contributed by atoms with Gasteiger partial charge in [-0.05, 0) is 37.8 Å². The second kappa shape index (κ2) is 9.82. The van der Waals surface area contributed by atoms with Crippen LogP contribution in [0.3, 0.4) is 0 Å². The summed E-state index contributed by atoms with van der Waals surface area (Å²) in [7, 11) is -2.95. The number of sulfone groups is 1. The van der Waals surface area contributed by atoms with Gasteiger partial charge in [0.25, 0.3) is 5.89 Å². The zero-order valence-electron chi connectivity index (χ0n) is 20.9. The van der Waals surface area contributed by atoms with Crippen LogP contribution >= 0.6 is 11.3 Å². The average Bonchev–Trinajstić information content (AvgIpc) is 3.30. The lowest BCUT2D eigenvalue weighted by Crippen LogP contribution is -2.42. The first kappa shape index (κ1) is 25.1. The maximum Gasteiger partial charge on any atom is 0.256 e. The number of carbonyl (C=O) groups is 1. The zero-order valence-corrected chi connectivity index (χ0v) is 22.6. The summed E-state index contributed by atoms with van der Waals surface area (Å²) < 4.78 is 30.1. The number of thiazole rings is 1. The fourth-order valence-corrected chi connectivity index (χ4v) is 7.25. The minimum atomic E-state index is -2.95. The Labute approximate surface area is 225 Å². The van der Waals surface area contributed by atoms with Crippen LogP contribution < -0.4 is 10.2 Å². The van der Waals surface area contributed by atoms with Crippen molar-refractivity contribution in [1.82, 2.24) is 15.3 Å². The lowest BCUT2D eigenvalue weighted by atomic mass is 9.76. The molecule has 9 nitrogen and oxygen atoms in total. The van der Waals surface area contributed by atoms with Crippen LogP contribution in [0, 0.1) is 17.2 Å². The molecule has 2 saturated carbocycles. The van der Waals surface area contributed by atoms with E-state index in [4.69, 9.17) is 9.40 Å². The first-order valence-corrected chi connectivity index (χ1v) is 15.8. The third kappa shape index (κ3) is 4.95. The van der Waals surface area contributed by atoms with E-state index >= 15 is 0 Å². The predicted octanol–water partition coefficient (Wildman–Crippen LogP) is 4.15. The van der Waals surface area contributed by atoms with E-state index in [2.05, 4.69) is 21.3 Å². The number of carbonyl (C=O) groups excluding carboxylic acids is 1. The first-order chi connectivity index (χ1) is 18.4. The molecule has 2 unspecified atom stereocenters. The molecular weight excluding hydrogens is 522 g/mol. The van der Waals surface area contributed by atoms with Crippen molar-refractivity contribution in [3.05, 3.63) is 41.6 Å². The Balaban J connectivity index is 1.32. The van der Waals surface area contributed by atoms with Crippen LogP contribution in [0.4, 0.5) is 5.69 Å². The Morgan fingerprint density at radius 1 is 1.16 bits per heavy atom. The maximum atomic E-state index is 13.4. The fraction of sp³-hybridized carbons (Fsp3) is 0.481. The van der Waals surface area contributed by atoms with Gasteiger partial charge < -0.3 is 14.6 Å². The van der Waals surface area contributed by atoms with Crippen LogP contribution in [0.25, 0.3) is 22.2 Å². The highest BCUT2D eigenvalue weighted by atomic mass is 32.2. The summed E-state index contributed by atoms with van der Waals surface area (Å²) in [6.07, 6.45) is 6.59. The number of oxazole rings is 1. The van der Waals surface area contributed by atoms with Crippen molar-refractivity contribution < 1.29 is 17.6 Å². The molecule has 198 valence electrons. The summed E-state index contributed by atoms with van der Waals surface area (Å²) in [5.74, 6) is 0.933. The number of aromatic nitrogens is 2. The third-order valence-corrected chi connectivity index (χ3v) is 10.3. The Morgan fingerprint density at radius 3 is 2.55 bits per heavy atom. The molecule has 6 rings (SSSR count). The molecule has 1 aromatic carbocycles. The topological polar surface area (TPSA) is 129 Å². The highest BCUT2D eigenvalue weighted by molar-refractivity contribution is 7.91. The summed E-state index contributed by atoms with van der Waals surface area (Å²) in [6.45, 7) is 0.961. The van der Waals surface area contributed by atoms with Gasteiger partial charge in [-0.15, -0.1) is 11.3 Å². The van der Waals surface area contributed by atoms with E-state index in [0.717, 1.165) is 36.9 Å². The molecule has 2 aliphatic carbocycles. The molecule has 1 N–H and O–H groups in total. The highest BCUT2D eigenvalue weighted by Crippen LogP contribution is 2.45. The average molecular weight is 552 g/mol. The predicted molar refractivity (Wildman–Crippen MR) is 144 cm³/mol. The van der Waals surface area contributed by atoms with E-state index in [1.807, 2.05) is 29.6 Å². The molecule has 0 bridgehead atoms. The van der Waals surface area contributed by atoms with E-state index in [0.29, 0.717) is 48.3 Å². The monoisotopic (exact) mass is 551 g/mol. The summed E-state index contributed by atoms with van der Waals surface area (Å²) in [5.41, 5.74) is 1.84. The van der Waals surface area contributed by atoms with Gasteiger partial charge in [0.15, 0.2) is 14.8 Å². The van der Waals surface area contributed by atoms with Gasteiger partial charge in [0.1, 0.15) is 17.0 Å². The van der Waals surface area contributed by atoms with Crippen molar-refractivity contribution in [1.29, 1.82) is 5.26 Å². The van der Waals surface area contributed by atoms with Gasteiger partial charge in [-0.25, -0.2) is 18.4 Å². The smallest absolute Gasteiger partial charge is 0.256 e. The standard InChI is InChI=1S/C27H29N5O4S2/c28-17-27(9-10-27)31-24(33)21-4-2-1-3-20(21)23-22(30-25(36-23)26-29-11-14-37-26)18-5-7-19(8-6-18)32-12-15-38(34,35)16-13-32/h5-8,11,14,20-21H,1-4,9-10,12-13,15-16H2,(H,31,33). The molecule has 1 saturated heterocycles. The molecule has 2 aromatic heterocycles. The number of nitrogens with one attached hydrogen (secondary N) is 1. The molecule has 1 aliphatic heterocycles. The Bertz CT molecular complexity index is 1460. The van der Waals surface area contributed by atoms with Gasteiger partial charge >= 0.3 is 0 Å². The molecule has 1 amide bonds. The highest BCUT2D eigenvalue weighted by Gasteiger charge is 2.47. The lowest BCUT2D eigenvalue weighted by Gasteiger charge is -2.30. The molecule has 3 aromatic rings. The van der Waals surface area contributed by atoms with Crippen molar-refractivity contribution in [2.75, 3.05) is 29.5 Å². The summed E-state index contributed by atoms with van der Waals surface area (Å²) in [6, 6.07) is 10.2. The molecule has 3 aliphatic rings. The van der Waals surface area contributed by atoms with Gasteiger partial charge in [-0.1, -0.05) is 25.0 Å². The minimum Gasteiger partial charge on any atom is -0.438 e. The molecule has 38 heavy (non-hydrogen) atoms.